The number of nitrogens with zero attached hydrogens (tertiary/aromatic N) is 1. The third-order valence-corrected chi connectivity index (χ3v) is 3.23. The Morgan fingerprint density at radius 3 is 2.40 bits per heavy atom. The van der Waals surface area contributed by atoms with E-state index in [4.69, 9.17) is 33.7 Å². The largest absolute Gasteiger partial charge is 0.494 e. The molecule has 0 aliphatic carbocycles. The second-order valence-electron chi connectivity index (χ2n) is 3.98. The van der Waals surface area contributed by atoms with Crippen LogP contribution in [0.2, 0.25) is 10.0 Å². The van der Waals surface area contributed by atoms with E-state index < -0.39 is 5.82 Å². The highest BCUT2D eigenvalue weighted by Crippen LogP contribution is 2.32. The number of hydrogen-bond acceptors (Lipinski definition) is 3. The highest BCUT2D eigenvalue weighted by atomic mass is 35.5. The highest BCUT2D eigenvalue weighted by Gasteiger charge is 2.04. The summed E-state index contributed by atoms with van der Waals surface area (Å²) in [6.45, 7) is 0. The summed E-state index contributed by atoms with van der Waals surface area (Å²) in [6, 6.07) is 7.70. The topological polar surface area (TPSA) is 47.6 Å². The van der Waals surface area contributed by atoms with Gasteiger partial charge in [-0.1, -0.05) is 23.2 Å². The van der Waals surface area contributed by atoms with Crippen LogP contribution in [0.5, 0.6) is 5.75 Å². The Morgan fingerprint density at radius 2 is 1.85 bits per heavy atom. The summed E-state index contributed by atoms with van der Waals surface area (Å²) in [5, 5.41) is 0.649. The van der Waals surface area contributed by atoms with Crippen molar-refractivity contribution in [2.24, 2.45) is 4.99 Å². The van der Waals surface area contributed by atoms with E-state index >= 15 is 0 Å². The van der Waals surface area contributed by atoms with Crippen molar-refractivity contribution in [3.05, 3.63) is 51.8 Å². The van der Waals surface area contributed by atoms with Gasteiger partial charge in [0.2, 0.25) is 0 Å². The lowest BCUT2D eigenvalue weighted by atomic mass is 10.2. The number of anilines is 1. The van der Waals surface area contributed by atoms with E-state index in [1.807, 2.05) is 0 Å². The van der Waals surface area contributed by atoms with Crippen LogP contribution >= 0.6 is 23.2 Å². The Balaban J connectivity index is 2.27. The van der Waals surface area contributed by atoms with Gasteiger partial charge in [0.25, 0.3) is 0 Å². The molecular formula is C14H11Cl2FN2O. The second-order valence-corrected chi connectivity index (χ2v) is 4.79. The summed E-state index contributed by atoms with van der Waals surface area (Å²) in [6.07, 6.45) is 1.50. The van der Waals surface area contributed by atoms with Gasteiger partial charge in [-0.3, -0.25) is 4.99 Å². The van der Waals surface area contributed by atoms with Crippen LogP contribution in [0.25, 0.3) is 0 Å². The van der Waals surface area contributed by atoms with E-state index in [0.717, 1.165) is 0 Å². The van der Waals surface area contributed by atoms with E-state index in [-0.39, 0.29) is 5.75 Å². The molecule has 6 heteroatoms. The Kier molecular flexibility index (Phi) is 4.47. The number of methoxy groups -OCH3 is 1. The van der Waals surface area contributed by atoms with Crippen LogP contribution in [-0.2, 0) is 0 Å². The molecule has 2 rings (SSSR count). The molecule has 0 amide bonds. The molecule has 0 saturated carbocycles. The first kappa shape index (κ1) is 14.6. The summed E-state index contributed by atoms with van der Waals surface area (Å²) < 4.78 is 18.4. The number of rotatable bonds is 3. The Hall–Kier alpha value is -1.78. The van der Waals surface area contributed by atoms with E-state index in [9.17, 15) is 4.39 Å². The third kappa shape index (κ3) is 3.21. The van der Waals surface area contributed by atoms with Crippen LogP contribution in [0.1, 0.15) is 5.56 Å². The zero-order valence-electron chi connectivity index (χ0n) is 10.5. The van der Waals surface area contributed by atoms with Gasteiger partial charge >= 0.3 is 0 Å². The average Bonchev–Trinajstić information content (AvgIpc) is 2.42. The monoisotopic (exact) mass is 312 g/mol. The van der Waals surface area contributed by atoms with Crippen LogP contribution in [0, 0.1) is 5.82 Å². The fourth-order valence-electron chi connectivity index (χ4n) is 1.56. The highest BCUT2D eigenvalue weighted by molar-refractivity contribution is 6.39. The SMILES string of the molecule is COc1ccc(C=Nc2cc(Cl)c(N)c(Cl)c2)cc1F. The molecule has 2 aromatic rings. The minimum atomic E-state index is -0.454. The smallest absolute Gasteiger partial charge is 0.165 e. The maximum Gasteiger partial charge on any atom is 0.165 e. The molecule has 0 saturated heterocycles. The molecule has 2 aromatic carbocycles. The molecule has 0 aromatic heterocycles. The lowest BCUT2D eigenvalue weighted by Crippen LogP contribution is -1.90. The lowest BCUT2D eigenvalue weighted by molar-refractivity contribution is 0.386. The Bertz CT molecular complexity index is 651. The number of aliphatic imine (C=N–C) groups is 1. The second kappa shape index (κ2) is 6.11. The van der Waals surface area contributed by atoms with Gasteiger partial charge in [0.15, 0.2) is 11.6 Å². The van der Waals surface area contributed by atoms with Gasteiger partial charge < -0.3 is 10.5 Å². The first-order valence-electron chi connectivity index (χ1n) is 5.63. The van der Waals surface area contributed by atoms with Gasteiger partial charge in [-0.2, -0.15) is 0 Å². The first-order valence-corrected chi connectivity index (χ1v) is 6.39. The summed E-state index contributed by atoms with van der Waals surface area (Å²) in [7, 11) is 1.41. The van der Waals surface area contributed by atoms with Crippen molar-refractivity contribution in [3.8, 4) is 5.75 Å². The molecule has 0 radical (unpaired) electrons. The van der Waals surface area contributed by atoms with Gasteiger partial charge in [-0.05, 0) is 35.9 Å². The number of benzene rings is 2. The number of hydrogen-bond donors (Lipinski definition) is 1. The van der Waals surface area contributed by atoms with Crippen molar-refractivity contribution in [2.45, 2.75) is 0 Å². The number of halogens is 3. The molecule has 0 fully saturated rings. The molecule has 20 heavy (non-hydrogen) atoms. The molecule has 0 bridgehead atoms. The van der Waals surface area contributed by atoms with Crippen LogP contribution in [0.15, 0.2) is 35.3 Å². The van der Waals surface area contributed by atoms with E-state index in [0.29, 0.717) is 27.0 Å². The van der Waals surface area contributed by atoms with Gasteiger partial charge in [0.1, 0.15) is 0 Å². The molecule has 0 aliphatic heterocycles. The average molecular weight is 313 g/mol. The predicted molar refractivity (Wildman–Crippen MR) is 81.1 cm³/mol. The standard InChI is InChI=1S/C14H11Cl2FN2O/c1-20-13-3-2-8(4-12(13)17)7-19-9-5-10(15)14(18)11(16)6-9/h2-7H,18H2,1H3. The lowest BCUT2D eigenvalue weighted by Gasteiger charge is -2.03. The Labute approximate surface area is 125 Å². The van der Waals surface area contributed by atoms with Gasteiger partial charge in [-0.15, -0.1) is 0 Å². The van der Waals surface area contributed by atoms with Crippen LogP contribution in [0.3, 0.4) is 0 Å². The van der Waals surface area contributed by atoms with Crippen molar-refractivity contribution in [1.29, 1.82) is 0 Å². The van der Waals surface area contributed by atoms with Crippen LogP contribution in [-0.4, -0.2) is 13.3 Å². The number of ether oxygens (including phenoxy) is 1. The predicted octanol–water partition coefficient (Wildman–Crippen LogP) is 4.47. The van der Waals surface area contributed by atoms with Crippen molar-refractivity contribution < 1.29 is 9.13 Å². The van der Waals surface area contributed by atoms with Crippen molar-refractivity contribution in [2.75, 3.05) is 12.8 Å². The summed E-state index contributed by atoms with van der Waals surface area (Å²) >= 11 is 11.8. The molecule has 2 N–H and O–H groups in total. The van der Waals surface area contributed by atoms with E-state index in [2.05, 4.69) is 4.99 Å². The van der Waals surface area contributed by atoms with Crippen molar-refractivity contribution >= 4 is 40.8 Å². The molecule has 104 valence electrons. The van der Waals surface area contributed by atoms with E-state index in [1.165, 1.54) is 25.5 Å². The van der Waals surface area contributed by atoms with Crippen molar-refractivity contribution in [3.63, 3.8) is 0 Å². The zero-order valence-corrected chi connectivity index (χ0v) is 12.0. The zero-order chi connectivity index (χ0) is 14.7. The fourth-order valence-corrected chi connectivity index (χ4v) is 2.03. The summed E-state index contributed by atoms with van der Waals surface area (Å²) in [5.41, 5.74) is 7.06. The fraction of sp³-hybridized carbons (Fsp3) is 0.0714. The van der Waals surface area contributed by atoms with Gasteiger partial charge in [-0.25, -0.2) is 4.39 Å². The summed E-state index contributed by atoms with van der Waals surface area (Å²) in [4.78, 5) is 4.18. The first-order chi connectivity index (χ1) is 9.51. The van der Waals surface area contributed by atoms with Crippen LogP contribution in [0.4, 0.5) is 15.8 Å². The molecule has 0 heterocycles. The maximum absolute atomic E-state index is 13.5. The van der Waals surface area contributed by atoms with Gasteiger partial charge in [0.05, 0.1) is 28.5 Å². The molecule has 0 spiro atoms. The summed E-state index contributed by atoms with van der Waals surface area (Å²) in [5.74, 6) is -0.273. The molecule has 0 unspecified atom stereocenters. The molecule has 0 atom stereocenters. The van der Waals surface area contributed by atoms with Crippen LogP contribution < -0.4 is 10.5 Å². The number of nitrogens with two attached hydrogens (primary N) is 1. The maximum atomic E-state index is 13.5. The molecular weight excluding hydrogens is 302 g/mol. The Morgan fingerprint density at radius 1 is 1.20 bits per heavy atom. The molecule has 0 aliphatic rings. The third-order valence-electron chi connectivity index (χ3n) is 2.60. The molecule has 3 nitrogen and oxygen atoms in total. The van der Waals surface area contributed by atoms with E-state index in [1.54, 1.807) is 18.2 Å². The van der Waals surface area contributed by atoms with Crippen molar-refractivity contribution in [1.82, 2.24) is 0 Å². The minimum absolute atomic E-state index is 0.181. The number of nitrogen functional groups attached to an aromatic ring is 1. The normalized spacial score (nSPS) is 11.0. The quantitative estimate of drug-likeness (QED) is 0.671. The minimum Gasteiger partial charge on any atom is -0.494 e. The van der Waals surface area contributed by atoms with Gasteiger partial charge in [0, 0.05) is 6.21 Å².